The molecule has 0 bridgehead atoms. The molecule has 0 saturated carbocycles. The van der Waals surface area contributed by atoms with Crippen LogP contribution in [0.25, 0.3) is 0 Å². The molecular weight excluding hydrogens is 252 g/mol. The highest BCUT2D eigenvalue weighted by Gasteiger charge is 2.21. The number of para-hydroxylation sites is 1. The molecule has 1 saturated heterocycles. The molecule has 112 valence electrons. The molecule has 1 aromatic carbocycles. The Morgan fingerprint density at radius 3 is 3.00 bits per heavy atom. The van der Waals surface area contributed by atoms with Crippen LogP contribution >= 0.6 is 0 Å². The summed E-state index contributed by atoms with van der Waals surface area (Å²) in [5.41, 5.74) is 1.22. The molecule has 1 N–H and O–H groups in total. The van der Waals surface area contributed by atoms with E-state index in [2.05, 4.69) is 22.3 Å². The highest BCUT2D eigenvalue weighted by Crippen LogP contribution is 2.19. The quantitative estimate of drug-likeness (QED) is 0.785. The van der Waals surface area contributed by atoms with Crippen LogP contribution in [0.3, 0.4) is 0 Å². The van der Waals surface area contributed by atoms with Crippen molar-refractivity contribution in [1.82, 2.24) is 10.2 Å². The van der Waals surface area contributed by atoms with Crippen molar-refractivity contribution in [2.75, 3.05) is 47.0 Å². The van der Waals surface area contributed by atoms with E-state index in [4.69, 9.17) is 9.47 Å². The minimum atomic E-state index is 0.691. The Morgan fingerprint density at radius 1 is 1.35 bits per heavy atom. The lowest BCUT2D eigenvalue weighted by atomic mass is 10.1. The van der Waals surface area contributed by atoms with Crippen LogP contribution in [0.15, 0.2) is 24.3 Å². The first-order valence-corrected chi connectivity index (χ1v) is 7.40. The number of benzene rings is 1. The van der Waals surface area contributed by atoms with Crippen LogP contribution in [-0.2, 0) is 11.3 Å². The molecule has 0 aromatic heterocycles. The van der Waals surface area contributed by atoms with Gasteiger partial charge in [0.05, 0.1) is 6.61 Å². The molecule has 1 aliphatic heterocycles. The van der Waals surface area contributed by atoms with Crippen LogP contribution in [0.1, 0.15) is 12.0 Å². The molecule has 4 nitrogen and oxygen atoms in total. The number of likely N-dealkylation sites (tertiary alicyclic amines) is 1. The van der Waals surface area contributed by atoms with Gasteiger partial charge >= 0.3 is 0 Å². The zero-order valence-corrected chi connectivity index (χ0v) is 12.6. The van der Waals surface area contributed by atoms with Gasteiger partial charge in [0.15, 0.2) is 0 Å². The fraction of sp³-hybridized carbons (Fsp3) is 0.625. The minimum Gasteiger partial charge on any atom is -0.492 e. The second-order valence-corrected chi connectivity index (χ2v) is 5.40. The average Bonchev–Trinajstić information content (AvgIpc) is 2.89. The van der Waals surface area contributed by atoms with E-state index in [0.717, 1.165) is 45.1 Å². The lowest BCUT2D eigenvalue weighted by molar-refractivity contribution is 0.150. The molecule has 4 heteroatoms. The Labute approximate surface area is 122 Å². The second kappa shape index (κ2) is 8.25. The monoisotopic (exact) mass is 278 g/mol. The van der Waals surface area contributed by atoms with Crippen LogP contribution in [0, 0.1) is 5.92 Å². The zero-order valence-electron chi connectivity index (χ0n) is 12.6. The summed E-state index contributed by atoms with van der Waals surface area (Å²) in [4.78, 5) is 2.46. The molecule has 2 rings (SSSR count). The van der Waals surface area contributed by atoms with E-state index in [0.29, 0.717) is 5.92 Å². The molecule has 1 fully saturated rings. The predicted molar refractivity (Wildman–Crippen MR) is 81.1 cm³/mol. The van der Waals surface area contributed by atoms with Gasteiger partial charge in [0.1, 0.15) is 12.4 Å². The Bertz CT molecular complexity index is 398. The number of ether oxygens (including phenoxy) is 2. The fourth-order valence-corrected chi connectivity index (χ4v) is 2.75. The molecule has 0 aliphatic carbocycles. The second-order valence-electron chi connectivity index (χ2n) is 5.40. The summed E-state index contributed by atoms with van der Waals surface area (Å²) >= 11 is 0. The highest BCUT2D eigenvalue weighted by atomic mass is 16.5. The normalized spacial score (nSPS) is 19.4. The van der Waals surface area contributed by atoms with E-state index >= 15 is 0 Å². The number of hydrogen-bond donors (Lipinski definition) is 1. The van der Waals surface area contributed by atoms with E-state index in [9.17, 15) is 0 Å². The van der Waals surface area contributed by atoms with Gasteiger partial charge in [-0.1, -0.05) is 18.2 Å². The minimum absolute atomic E-state index is 0.691. The van der Waals surface area contributed by atoms with Crippen molar-refractivity contribution in [2.45, 2.75) is 13.0 Å². The molecular formula is C16H26N2O2. The molecule has 1 aromatic rings. The topological polar surface area (TPSA) is 33.7 Å². The Morgan fingerprint density at radius 2 is 2.20 bits per heavy atom. The zero-order chi connectivity index (χ0) is 14.2. The van der Waals surface area contributed by atoms with E-state index < -0.39 is 0 Å². The third-order valence-electron chi connectivity index (χ3n) is 3.78. The van der Waals surface area contributed by atoms with Crippen LogP contribution in [0.5, 0.6) is 5.75 Å². The van der Waals surface area contributed by atoms with Crippen molar-refractivity contribution in [3.8, 4) is 5.75 Å². The van der Waals surface area contributed by atoms with Gasteiger partial charge in [0, 0.05) is 32.3 Å². The third-order valence-corrected chi connectivity index (χ3v) is 3.78. The Hall–Kier alpha value is -1.10. The van der Waals surface area contributed by atoms with Gasteiger partial charge < -0.3 is 14.8 Å². The molecule has 1 atom stereocenters. The van der Waals surface area contributed by atoms with Crippen LogP contribution < -0.4 is 10.1 Å². The van der Waals surface area contributed by atoms with Gasteiger partial charge in [-0.3, -0.25) is 4.90 Å². The average molecular weight is 278 g/mol. The molecule has 0 amide bonds. The maximum Gasteiger partial charge on any atom is 0.123 e. The Kier molecular flexibility index (Phi) is 6.30. The van der Waals surface area contributed by atoms with Gasteiger partial charge in [0.25, 0.3) is 0 Å². The van der Waals surface area contributed by atoms with Crippen molar-refractivity contribution in [3.05, 3.63) is 29.8 Å². The molecule has 1 unspecified atom stereocenters. The number of nitrogens with zero attached hydrogens (tertiary/aromatic N) is 1. The van der Waals surface area contributed by atoms with Crippen molar-refractivity contribution >= 4 is 0 Å². The van der Waals surface area contributed by atoms with E-state index in [1.807, 2.05) is 19.2 Å². The number of nitrogens with one attached hydrogen (secondary N) is 1. The van der Waals surface area contributed by atoms with Crippen LogP contribution in [0.4, 0.5) is 0 Å². The Balaban J connectivity index is 1.73. The summed E-state index contributed by atoms with van der Waals surface area (Å²) < 4.78 is 11.2. The first kappa shape index (κ1) is 15.3. The molecule has 20 heavy (non-hydrogen) atoms. The summed E-state index contributed by atoms with van der Waals surface area (Å²) in [6.45, 7) is 5.76. The lowest BCUT2D eigenvalue weighted by Gasteiger charge is -2.17. The van der Waals surface area contributed by atoms with E-state index in [1.54, 1.807) is 7.11 Å². The summed E-state index contributed by atoms with van der Waals surface area (Å²) in [7, 11) is 3.74. The maximum atomic E-state index is 5.93. The lowest BCUT2D eigenvalue weighted by Crippen LogP contribution is -2.27. The van der Waals surface area contributed by atoms with E-state index in [1.165, 1.54) is 12.0 Å². The first-order valence-electron chi connectivity index (χ1n) is 7.40. The summed E-state index contributed by atoms with van der Waals surface area (Å²) in [6, 6.07) is 8.23. The molecule has 1 heterocycles. The third kappa shape index (κ3) is 4.47. The highest BCUT2D eigenvalue weighted by molar-refractivity contribution is 5.33. The summed E-state index contributed by atoms with van der Waals surface area (Å²) in [6.07, 6.45) is 1.24. The van der Waals surface area contributed by atoms with Crippen LogP contribution in [0.2, 0.25) is 0 Å². The van der Waals surface area contributed by atoms with Crippen molar-refractivity contribution in [3.63, 3.8) is 0 Å². The predicted octanol–water partition coefficient (Wildman–Crippen LogP) is 1.75. The molecule has 1 aliphatic rings. The smallest absolute Gasteiger partial charge is 0.123 e. The van der Waals surface area contributed by atoms with Gasteiger partial charge in [0.2, 0.25) is 0 Å². The van der Waals surface area contributed by atoms with Gasteiger partial charge in [-0.25, -0.2) is 0 Å². The van der Waals surface area contributed by atoms with Gasteiger partial charge in [-0.05, 0) is 32.0 Å². The number of methoxy groups -OCH3 is 1. The largest absolute Gasteiger partial charge is 0.492 e. The van der Waals surface area contributed by atoms with Crippen LogP contribution in [-0.4, -0.2) is 51.9 Å². The van der Waals surface area contributed by atoms with Gasteiger partial charge in [-0.15, -0.1) is 0 Å². The number of hydrogen-bond acceptors (Lipinski definition) is 4. The van der Waals surface area contributed by atoms with Crippen molar-refractivity contribution in [1.29, 1.82) is 0 Å². The number of rotatable bonds is 8. The molecule has 0 spiro atoms. The van der Waals surface area contributed by atoms with Crippen molar-refractivity contribution in [2.24, 2.45) is 5.92 Å². The van der Waals surface area contributed by atoms with E-state index in [-0.39, 0.29) is 0 Å². The SMILES string of the molecule is CNCc1ccccc1OCCN1CCC(COC)C1. The standard InChI is InChI=1S/C16H26N2O2/c1-17-11-15-5-3-4-6-16(15)20-10-9-18-8-7-14(12-18)13-19-2/h3-6,14,17H,7-13H2,1-2H3. The summed E-state index contributed by atoms with van der Waals surface area (Å²) in [5.74, 6) is 1.69. The maximum absolute atomic E-state index is 5.93. The summed E-state index contributed by atoms with van der Waals surface area (Å²) in [5, 5.41) is 3.17. The molecule has 0 radical (unpaired) electrons. The first-order chi connectivity index (χ1) is 9.83. The fourth-order valence-electron chi connectivity index (χ4n) is 2.75. The van der Waals surface area contributed by atoms with Crippen molar-refractivity contribution < 1.29 is 9.47 Å². The van der Waals surface area contributed by atoms with Gasteiger partial charge in [-0.2, -0.15) is 0 Å².